The van der Waals surface area contributed by atoms with Gasteiger partial charge in [-0.3, -0.25) is 19.2 Å². The molecule has 1 atom stereocenters. The number of rotatable bonds is 4. The maximum atomic E-state index is 12.7. The van der Waals surface area contributed by atoms with Crippen LogP contribution in [0, 0.1) is 5.92 Å². The molecule has 25 heavy (non-hydrogen) atoms. The summed E-state index contributed by atoms with van der Waals surface area (Å²) in [4.78, 5) is 49.3. The standard InChI is InChI=1S/C19H15NO5/c1-10(21)20-14-5-3-4-13-15(14)19(24)16(18(13)23)17(22)11-6-8-12(25-2)9-7-11/h3-9,16H,1-2H3,(H,20,21). The van der Waals surface area contributed by atoms with Crippen LogP contribution in [0.3, 0.4) is 0 Å². The Morgan fingerprint density at radius 3 is 2.28 bits per heavy atom. The number of carbonyl (C=O) groups excluding carboxylic acids is 4. The number of ketones is 3. The molecule has 0 saturated carbocycles. The SMILES string of the molecule is COc1ccc(C(=O)C2C(=O)c3cccc(NC(C)=O)c3C2=O)cc1. The largest absolute Gasteiger partial charge is 0.497 e. The molecule has 0 aliphatic heterocycles. The summed E-state index contributed by atoms with van der Waals surface area (Å²) in [5, 5.41) is 2.53. The molecule has 0 bridgehead atoms. The minimum atomic E-state index is -1.42. The van der Waals surface area contributed by atoms with Gasteiger partial charge in [-0.1, -0.05) is 12.1 Å². The summed E-state index contributed by atoms with van der Waals surface area (Å²) in [5.74, 6) is -2.92. The van der Waals surface area contributed by atoms with Crippen molar-refractivity contribution in [1.29, 1.82) is 0 Å². The van der Waals surface area contributed by atoms with Crippen LogP contribution in [0.2, 0.25) is 0 Å². The van der Waals surface area contributed by atoms with E-state index in [0.29, 0.717) is 5.75 Å². The molecule has 1 unspecified atom stereocenters. The molecule has 1 N–H and O–H groups in total. The summed E-state index contributed by atoms with van der Waals surface area (Å²) in [5.41, 5.74) is 0.743. The highest BCUT2D eigenvalue weighted by atomic mass is 16.5. The van der Waals surface area contributed by atoms with Crippen LogP contribution in [0.25, 0.3) is 0 Å². The predicted octanol–water partition coefficient (Wildman–Crippen LogP) is 2.53. The monoisotopic (exact) mass is 337 g/mol. The molecule has 1 aliphatic carbocycles. The zero-order chi connectivity index (χ0) is 18.1. The smallest absolute Gasteiger partial charge is 0.221 e. The highest BCUT2D eigenvalue weighted by Gasteiger charge is 2.44. The third-order valence-corrected chi connectivity index (χ3v) is 4.05. The molecule has 0 fully saturated rings. The minimum absolute atomic E-state index is 0.0922. The van der Waals surface area contributed by atoms with Crippen molar-refractivity contribution in [3.05, 3.63) is 59.2 Å². The highest BCUT2D eigenvalue weighted by Crippen LogP contribution is 2.34. The topological polar surface area (TPSA) is 89.5 Å². The quantitative estimate of drug-likeness (QED) is 0.684. The molecular weight excluding hydrogens is 322 g/mol. The molecule has 6 nitrogen and oxygen atoms in total. The van der Waals surface area contributed by atoms with E-state index in [1.54, 1.807) is 18.2 Å². The van der Waals surface area contributed by atoms with Gasteiger partial charge < -0.3 is 10.1 Å². The molecule has 126 valence electrons. The third kappa shape index (κ3) is 2.82. The Labute approximate surface area is 143 Å². The van der Waals surface area contributed by atoms with Gasteiger partial charge in [0.1, 0.15) is 11.7 Å². The molecule has 0 saturated heterocycles. The molecule has 1 amide bonds. The summed E-state index contributed by atoms with van der Waals surface area (Å²) < 4.78 is 5.03. The van der Waals surface area contributed by atoms with E-state index < -0.39 is 23.3 Å². The van der Waals surface area contributed by atoms with Gasteiger partial charge in [0.2, 0.25) is 5.91 Å². The normalized spacial score (nSPS) is 15.7. The van der Waals surface area contributed by atoms with Crippen LogP contribution < -0.4 is 10.1 Å². The number of anilines is 1. The summed E-state index contributed by atoms with van der Waals surface area (Å²) in [6, 6.07) is 10.8. The van der Waals surface area contributed by atoms with E-state index in [1.165, 1.54) is 38.3 Å². The van der Waals surface area contributed by atoms with Crippen LogP contribution in [0.15, 0.2) is 42.5 Å². The number of Topliss-reactive ketones (excluding diaryl/α,β-unsaturated/α-hetero) is 3. The Morgan fingerprint density at radius 1 is 1.00 bits per heavy atom. The first-order valence-electron chi connectivity index (χ1n) is 7.61. The van der Waals surface area contributed by atoms with Crippen LogP contribution in [0.1, 0.15) is 38.0 Å². The predicted molar refractivity (Wildman–Crippen MR) is 90.2 cm³/mol. The van der Waals surface area contributed by atoms with E-state index in [9.17, 15) is 19.2 Å². The number of fused-ring (bicyclic) bond motifs is 1. The second-order valence-electron chi connectivity index (χ2n) is 5.66. The van der Waals surface area contributed by atoms with Gasteiger partial charge >= 0.3 is 0 Å². The molecule has 6 heteroatoms. The fraction of sp³-hybridized carbons (Fsp3) is 0.158. The molecule has 0 aromatic heterocycles. The Morgan fingerprint density at radius 2 is 1.68 bits per heavy atom. The first-order valence-corrected chi connectivity index (χ1v) is 7.61. The Kier molecular flexibility index (Phi) is 4.19. The Hall–Kier alpha value is -3.28. The van der Waals surface area contributed by atoms with Gasteiger partial charge in [0, 0.05) is 18.1 Å². The van der Waals surface area contributed by atoms with Crippen molar-refractivity contribution in [3.63, 3.8) is 0 Å². The number of ether oxygens (including phenoxy) is 1. The highest BCUT2D eigenvalue weighted by molar-refractivity contribution is 6.39. The summed E-state index contributed by atoms with van der Waals surface area (Å²) >= 11 is 0. The lowest BCUT2D eigenvalue weighted by Gasteiger charge is -2.08. The second kappa shape index (κ2) is 6.32. The number of benzene rings is 2. The van der Waals surface area contributed by atoms with Crippen molar-refractivity contribution in [2.45, 2.75) is 6.92 Å². The fourth-order valence-corrected chi connectivity index (χ4v) is 2.90. The number of carbonyl (C=O) groups is 4. The molecule has 1 aliphatic rings. The van der Waals surface area contributed by atoms with Crippen LogP contribution in [0.5, 0.6) is 5.75 Å². The molecule has 2 aromatic rings. The van der Waals surface area contributed by atoms with Gasteiger partial charge in [-0.2, -0.15) is 0 Å². The molecule has 0 spiro atoms. The minimum Gasteiger partial charge on any atom is -0.497 e. The van der Waals surface area contributed by atoms with Crippen molar-refractivity contribution in [2.24, 2.45) is 5.92 Å². The Bertz CT molecular complexity index is 899. The summed E-state index contributed by atoms with van der Waals surface area (Å²) in [6.45, 7) is 1.31. The summed E-state index contributed by atoms with van der Waals surface area (Å²) in [6.07, 6.45) is 0. The molecule has 0 radical (unpaired) electrons. The first kappa shape index (κ1) is 16.6. The van der Waals surface area contributed by atoms with Gasteiger partial charge in [0.25, 0.3) is 0 Å². The van der Waals surface area contributed by atoms with Crippen molar-refractivity contribution < 1.29 is 23.9 Å². The van der Waals surface area contributed by atoms with E-state index in [0.717, 1.165) is 0 Å². The van der Waals surface area contributed by atoms with Gasteiger partial charge in [0.05, 0.1) is 18.4 Å². The van der Waals surface area contributed by atoms with E-state index >= 15 is 0 Å². The first-order chi connectivity index (χ1) is 11.9. The van der Waals surface area contributed by atoms with E-state index in [4.69, 9.17) is 4.74 Å². The molecule has 0 heterocycles. The average molecular weight is 337 g/mol. The number of hydrogen-bond donors (Lipinski definition) is 1. The number of amides is 1. The number of nitrogens with one attached hydrogen (secondary N) is 1. The van der Waals surface area contributed by atoms with Crippen LogP contribution in [-0.2, 0) is 4.79 Å². The van der Waals surface area contributed by atoms with E-state index in [-0.39, 0.29) is 28.3 Å². The third-order valence-electron chi connectivity index (χ3n) is 4.05. The number of methoxy groups -OCH3 is 1. The zero-order valence-electron chi connectivity index (χ0n) is 13.7. The van der Waals surface area contributed by atoms with Crippen molar-refractivity contribution in [3.8, 4) is 5.75 Å². The van der Waals surface area contributed by atoms with Gasteiger partial charge in [-0.05, 0) is 30.3 Å². The second-order valence-corrected chi connectivity index (χ2v) is 5.66. The van der Waals surface area contributed by atoms with E-state index in [1.807, 2.05) is 0 Å². The van der Waals surface area contributed by atoms with Crippen molar-refractivity contribution in [1.82, 2.24) is 0 Å². The van der Waals surface area contributed by atoms with Gasteiger partial charge in [0.15, 0.2) is 17.3 Å². The van der Waals surface area contributed by atoms with Crippen LogP contribution >= 0.6 is 0 Å². The average Bonchev–Trinajstić information content (AvgIpc) is 2.86. The summed E-state index contributed by atoms with van der Waals surface area (Å²) in [7, 11) is 1.50. The van der Waals surface area contributed by atoms with Gasteiger partial charge in [-0.15, -0.1) is 0 Å². The fourth-order valence-electron chi connectivity index (χ4n) is 2.90. The maximum absolute atomic E-state index is 12.7. The lowest BCUT2D eigenvalue weighted by Crippen LogP contribution is -2.25. The molecular formula is C19H15NO5. The van der Waals surface area contributed by atoms with Crippen molar-refractivity contribution in [2.75, 3.05) is 12.4 Å². The molecule has 2 aromatic carbocycles. The van der Waals surface area contributed by atoms with Crippen LogP contribution in [0.4, 0.5) is 5.69 Å². The van der Waals surface area contributed by atoms with Crippen LogP contribution in [-0.4, -0.2) is 30.4 Å². The zero-order valence-corrected chi connectivity index (χ0v) is 13.7. The van der Waals surface area contributed by atoms with Gasteiger partial charge in [-0.25, -0.2) is 0 Å². The Balaban J connectivity index is 1.99. The lowest BCUT2D eigenvalue weighted by atomic mass is 9.93. The van der Waals surface area contributed by atoms with Crippen molar-refractivity contribution >= 4 is 28.9 Å². The van der Waals surface area contributed by atoms with E-state index in [2.05, 4.69) is 5.32 Å². The number of hydrogen-bond acceptors (Lipinski definition) is 5. The maximum Gasteiger partial charge on any atom is 0.221 e. The molecule has 3 rings (SSSR count). The lowest BCUT2D eigenvalue weighted by molar-refractivity contribution is -0.114.